The molecule has 1 aromatic heterocycles. The molecule has 0 saturated carbocycles. The Morgan fingerprint density at radius 3 is 2.55 bits per heavy atom. The molecule has 2 heterocycles. The summed E-state index contributed by atoms with van der Waals surface area (Å²) in [5, 5.41) is 15.4. The van der Waals surface area contributed by atoms with Gasteiger partial charge in [0, 0.05) is 22.4 Å². The van der Waals surface area contributed by atoms with Gasteiger partial charge in [-0.2, -0.15) is 0 Å². The van der Waals surface area contributed by atoms with Crippen LogP contribution >= 0.6 is 23.2 Å². The Hall–Kier alpha value is -2.97. The summed E-state index contributed by atoms with van der Waals surface area (Å²) in [6.45, 7) is 6.17. The maximum Gasteiger partial charge on any atom is 0.328 e. The number of nitrogens with zero attached hydrogens (tertiary/aromatic N) is 4. The van der Waals surface area contributed by atoms with Crippen LogP contribution in [-0.2, 0) is 20.7 Å². The number of likely N-dealkylation sites (tertiary alicyclic amines) is 1. The quantitative estimate of drug-likeness (QED) is 0.244. The maximum atomic E-state index is 14.5. The maximum absolute atomic E-state index is 14.5. The first-order valence-electron chi connectivity index (χ1n) is 13.0. The van der Waals surface area contributed by atoms with Gasteiger partial charge in [0.25, 0.3) is 0 Å². The predicted octanol–water partition coefficient (Wildman–Crippen LogP) is 5.93. The molecule has 1 aliphatic rings. The van der Waals surface area contributed by atoms with Crippen molar-refractivity contribution in [2.45, 2.75) is 70.9 Å². The van der Waals surface area contributed by atoms with Gasteiger partial charge >= 0.3 is 5.97 Å². The zero-order chi connectivity index (χ0) is 27.3. The third-order valence-electron chi connectivity index (χ3n) is 7.27. The van der Waals surface area contributed by atoms with E-state index in [2.05, 4.69) is 20.6 Å². The van der Waals surface area contributed by atoms with Gasteiger partial charge in [-0.3, -0.25) is 4.79 Å². The normalized spacial score (nSPS) is 22.3. The average molecular weight is 559 g/mol. The lowest BCUT2D eigenvalue weighted by Gasteiger charge is -2.51. The molecular formula is C28H33Cl2N5O3. The number of carbonyl (C=O) groups excluding carboxylic acids is 2. The van der Waals surface area contributed by atoms with Crippen LogP contribution in [-0.4, -0.2) is 50.0 Å². The van der Waals surface area contributed by atoms with Gasteiger partial charge < -0.3 is 9.64 Å². The number of piperidine rings is 1. The van der Waals surface area contributed by atoms with Crippen LogP contribution in [0.3, 0.4) is 0 Å². The van der Waals surface area contributed by atoms with Crippen LogP contribution in [0.4, 0.5) is 0 Å². The summed E-state index contributed by atoms with van der Waals surface area (Å²) in [5.41, 5.74) is 0.968. The highest BCUT2D eigenvalue weighted by Crippen LogP contribution is 2.52. The van der Waals surface area contributed by atoms with Crippen LogP contribution in [0.2, 0.25) is 10.0 Å². The number of hydrogen-bond acceptors (Lipinski definition) is 6. The van der Waals surface area contributed by atoms with Crippen molar-refractivity contribution in [2.75, 3.05) is 6.61 Å². The van der Waals surface area contributed by atoms with Gasteiger partial charge in [-0.1, -0.05) is 74.7 Å². The number of unbranched alkanes of at least 4 members (excludes halogenated alkanes) is 1. The van der Waals surface area contributed by atoms with E-state index >= 15 is 0 Å². The molecule has 202 valence electrons. The number of carbonyl (C=O) groups is 2. The minimum Gasteiger partial charge on any atom is -0.464 e. The number of halogens is 2. The van der Waals surface area contributed by atoms with Crippen molar-refractivity contribution in [1.82, 2.24) is 25.5 Å². The van der Waals surface area contributed by atoms with Gasteiger partial charge in [0.1, 0.15) is 11.9 Å². The Labute approximate surface area is 233 Å². The van der Waals surface area contributed by atoms with Crippen molar-refractivity contribution < 1.29 is 14.3 Å². The largest absolute Gasteiger partial charge is 0.464 e. The molecule has 10 heteroatoms. The topological polar surface area (TPSA) is 101 Å². The zero-order valence-corrected chi connectivity index (χ0v) is 23.4. The number of tetrazole rings is 1. The molecule has 1 saturated heterocycles. The third-order valence-corrected chi connectivity index (χ3v) is 7.76. The lowest BCUT2D eigenvalue weighted by Crippen LogP contribution is -2.58. The number of nitrogens with one attached hydrogen (secondary N) is 1. The Bertz CT molecular complexity index is 1240. The van der Waals surface area contributed by atoms with Crippen LogP contribution < -0.4 is 0 Å². The monoisotopic (exact) mass is 557 g/mol. The first-order chi connectivity index (χ1) is 18.3. The number of rotatable bonds is 10. The van der Waals surface area contributed by atoms with Crippen molar-refractivity contribution in [1.29, 1.82) is 0 Å². The van der Waals surface area contributed by atoms with E-state index in [0.29, 0.717) is 41.7 Å². The lowest BCUT2D eigenvalue weighted by molar-refractivity contribution is -0.167. The second-order valence-corrected chi connectivity index (χ2v) is 11.0. The van der Waals surface area contributed by atoms with Gasteiger partial charge in [-0.15, -0.1) is 5.10 Å². The van der Waals surface area contributed by atoms with E-state index in [1.54, 1.807) is 4.90 Å². The second-order valence-electron chi connectivity index (χ2n) is 10.1. The number of ether oxygens (including phenoxy) is 1. The van der Waals surface area contributed by atoms with Gasteiger partial charge in [-0.25, -0.2) is 9.89 Å². The van der Waals surface area contributed by atoms with E-state index in [0.717, 1.165) is 24.0 Å². The SMILES string of the molecule is CCCCOC(=O)C(CC)N1C(=O)[C@@](C)(Cc2nnn[nH]2)C[C@H](c2cccc(Cl)c2)[C@H]1c1ccc(Cl)cc1. The van der Waals surface area contributed by atoms with Crippen molar-refractivity contribution in [3.63, 3.8) is 0 Å². The number of hydrogen-bond donors (Lipinski definition) is 1. The Morgan fingerprint density at radius 2 is 1.92 bits per heavy atom. The summed E-state index contributed by atoms with van der Waals surface area (Å²) in [6.07, 6.45) is 2.86. The molecule has 4 atom stereocenters. The number of H-pyrrole nitrogens is 1. The fourth-order valence-corrected chi connectivity index (χ4v) is 5.73. The molecule has 3 aromatic rings. The first kappa shape index (κ1) is 28.0. The molecule has 1 fully saturated rings. The molecule has 2 aromatic carbocycles. The summed E-state index contributed by atoms with van der Waals surface area (Å²) in [4.78, 5) is 29.7. The molecule has 0 spiro atoms. The van der Waals surface area contributed by atoms with Crippen molar-refractivity contribution in [3.05, 3.63) is 75.5 Å². The van der Waals surface area contributed by atoms with Crippen molar-refractivity contribution >= 4 is 35.1 Å². The predicted molar refractivity (Wildman–Crippen MR) is 146 cm³/mol. The number of benzene rings is 2. The zero-order valence-electron chi connectivity index (χ0n) is 21.9. The summed E-state index contributed by atoms with van der Waals surface area (Å²) in [6, 6.07) is 13.9. The Morgan fingerprint density at radius 1 is 1.16 bits per heavy atom. The second kappa shape index (κ2) is 12.3. The van der Waals surface area contributed by atoms with E-state index < -0.39 is 23.5 Å². The number of esters is 1. The smallest absolute Gasteiger partial charge is 0.328 e. The number of aromatic nitrogens is 4. The molecule has 4 rings (SSSR count). The van der Waals surface area contributed by atoms with Crippen LogP contribution in [0.1, 0.15) is 75.4 Å². The van der Waals surface area contributed by atoms with Crippen molar-refractivity contribution in [2.24, 2.45) is 5.41 Å². The van der Waals surface area contributed by atoms with E-state index in [1.807, 2.05) is 69.3 Å². The third kappa shape index (κ3) is 6.02. The lowest BCUT2D eigenvalue weighted by atomic mass is 9.67. The highest BCUT2D eigenvalue weighted by Gasteiger charge is 2.53. The average Bonchev–Trinajstić information content (AvgIpc) is 3.40. The van der Waals surface area contributed by atoms with Crippen LogP contribution in [0.25, 0.3) is 0 Å². The minimum atomic E-state index is -0.895. The van der Waals surface area contributed by atoms with Gasteiger partial charge in [0.2, 0.25) is 5.91 Å². The molecule has 0 aliphatic carbocycles. The molecule has 0 radical (unpaired) electrons. The minimum absolute atomic E-state index is 0.147. The summed E-state index contributed by atoms with van der Waals surface area (Å²) >= 11 is 12.7. The van der Waals surface area contributed by atoms with E-state index in [-0.39, 0.29) is 11.8 Å². The number of aromatic amines is 1. The number of amides is 1. The van der Waals surface area contributed by atoms with Gasteiger partial charge in [-0.05, 0) is 65.1 Å². The summed E-state index contributed by atoms with van der Waals surface area (Å²) < 4.78 is 5.66. The summed E-state index contributed by atoms with van der Waals surface area (Å²) in [7, 11) is 0. The van der Waals surface area contributed by atoms with Crippen LogP contribution in [0, 0.1) is 5.41 Å². The van der Waals surface area contributed by atoms with Gasteiger partial charge in [0.15, 0.2) is 0 Å². The molecular weight excluding hydrogens is 525 g/mol. The standard InChI is InChI=1S/C28H33Cl2N5O3/c1-4-6-14-38-26(36)23(5-2)35-25(18-10-12-20(29)13-11-18)22(19-8-7-9-21(30)15-19)16-28(3,27(35)37)17-24-31-33-34-32-24/h7-13,15,22-23,25H,4-6,14,16-17H2,1-3H3,(H,31,32,33,34)/t22-,23?,25-,28-/m1/s1. The molecule has 1 aliphatic heterocycles. The highest BCUT2D eigenvalue weighted by molar-refractivity contribution is 6.30. The van der Waals surface area contributed by atoms with Gasteiger partial charge in [0.05, 0.1) is 18.1 Å². The molecule has 1 amide bonds. The highest BCUT2D eigenvalue weighted by atomic mass is 35.5. The van der Waals surface area contributed by atoms with Crippen molar-refractivity contribution in [3.8, 4) is 0 Å². The molecule has 0 bridgehead atoms. The van der Waals surface area contributed by atoms with Crippen LogP contribution in [0.15, 0.2) is 48.5 Å². The Kier molecular flexibility index (Phi) is 9.05. The molecule has 38 heavy (non-hydrogen) atoms. The van der Waals surface area contributed by atoms with Crippen LogP contribution in [0.5, 0.6) is 0 Å². The fourth-order valence-electron chi connectivity index (χ4n) is 5.40. The fraction of sp³-hybridized carbons (Fsp3) is 0.464. The summed E-state index contributed by atoms with van der Waals surface area (Å²) in [5.74, 6) is -0.213. The van der Waals surface area contributed by atoms with E-state index in [4.69, 9.17) is 27.9 Å². The van der Waals surface area contributed by atoms with E-state index in [9.17, 15) is 9.59 Å². The first-order valence-corrected chi connectivity index (χ1v) is 13.8. The van der Waals surface area contributed by atoms with E-state index in [1.165, 1.54) is 0 Å². The molecule has 8 nitrogen and oxygen atoms in total. The molecule has 1 N–H and O–H groups in total. The Balaban J connectivity index is 1.86. The molecule has 1 unspecified atom stereocenters.